The van der Waals surface area contributed by atoms with Gasteiger partial charge in [0.2, 0.25) is 5.88 Å². The van der Waals surface area contributed by atoms with Crippen molar-refractivity contribution in [2.24, 2.45) is 0 Å². The first-order valence-electron chi connectivity index (χ1n) is 10.9. The molecule has 1 fully saturated rings. The van der Waals surface area contributed by atoms with Gasteiger partial charge in [-0.2, -0.15) is 15.0 Å². The molecule has 0 N–H and O–H groups in total. The first-order valence-corrected chi connectivity index (χ1v) is 10.9. The molecule has 0 unspecified atom stereocenters. The molecule has 2 aromatic carbocycles. The summed E-state index contributed by atoms with van der Waals surface area (Å²) < 4.78 is 6.32. The molecular weight excluding hydrogens is 402 g/mol. The Bertz CT molecular complexity index is 1250. The molecule has 4 aromatic rings. The van der Waals surface area contributed by atoms with Crippen molar-refractivity contribution in [3.63, 3.8) is 0 Å². The highest BCUT2D eigenvalue weighted by atomic mass is 16.5. The number of hydrogen-bond acceptors (Lipinski definition) is 5. The molecule has 7 heteroatoms. The predicted molar refractivity (Wildman–Crippen MR) is 122 cm³/mol. The van der Waals surface area contributed by atoms with Gasteiger partial charge in [0.1, 0.15) is 6.10 Å². The molecule has 0 aliphatic carbocycles. The standard InChI is InChI=1S/C25H25N5O2/c1-17-7-10-23(30-27-13-14-28-30)22(15-17)25(31)29-16-20(9-8-18(29)2)32-24-21-6-4-3-5-19(21)11-12-26-24/h3-7,10-15,18,20H,8-9,16H2,1-2H3/t18-,20+/m0/s1. The van der Waals surface area contributed by atoms with E-state index in [9.17, 15) is 4.79 Å². The van der Waals surface area contributed by atoms with Gasteiger partial charge in [-0.25, -0.2) is 4.98 Å². The lowest BCUT2D eigenvalue weighted by Gasteiger charge is -2.38. The van der Waals surface area contributed by atoms with Gasteiger partial charge in [-0.1, -0.05) is 29.8 Å². The topological polar surface area (TPSA) is 73.1 Å². The fourth-order valence-electron chi connectivity index (χ4n) is 4.29. The maximum Gasteiger partial charge on any atom is 0.256 e. The van der Waals surface area contributed by atoms with Crippen molar-refractivity contribution in [2.45, 2.75) is 38.8 Å². The number of nitrogens with zero attached hydrogens (tertiary/aromatic N) is 5. The Morgan fingerprint density at radius 2 is 1.84 bits per heavy atom. The molecule has 1 aliphatic rings. The molecule has 2 aromatic heterocycles. The van der Waals surface area contributed by atoms with E-state index in [1.165, 1.54) is 4.80 Å². The van der Waals surface area contributed by atoms with Crippen molar-refractivity contribution in [3.05, 3.63) is 78.2 Å². The van der Waals surface area contributed by atoms with E-state index in [1.807, 2.05) is 60.4 Å². The minimum Gasteiger partial charge on any atom is -0.472 e. The summed E-state index contributed by atoms with van der Waals surface area (Å²) in [5.41, 5.74) is 2.29. The maximum absolute atomic E-state index is 13.7. The molecular formula is C25H25N5O2. The number of rotatable bonds is 4. The normalized spacial score (nSPS) is 18.6. The zero-order valence-electron chi connectivity index (χ0n) is 18.2. The summed E-state index contributed by atoms with van der Waals surface area (Å²) in [5.74, 6) is 0.583. The van der Waals surface area contributed by atoms with E-state index >= 15 is 0 Å². The summed E-state index contributed by atoms with van der Waals surface area (Å²) >= 11 is 0. The first-order chi connectivity index (χ1) is 15.6. The quantitative estimate of drug-likeness (QED) is 0.488. The van der Waals surface area contributed by atoms with E-state index in [4.69, 9.17) is 4.74 Å². The highest BCUT2D eigenvalue weighted by Crippen LogP contribution is 2.28. The molecule has 32 heavy (non-hydrogen) atoms. The molecule has 3 heterocycles. The van der Waals surface area contributed by atoms with Crippen LogP contribution < -0.4 is 4.74 Å². The number of carbonyl (C=O) groups excluding carboxylic acids is 1. The minimum atomic E-state index is -0.121. The Morgan fingerprint density at radius 3 is 2.69 bits per heavy atom. The molecule has 162 valence electrons. The number of piperidine rings is 1. The van der Waals surface area contributed by atoms with Gasteiger partial charge >= 0.3 is 0 Å². The average Bonchev–Trinajstić information content (AvgIpc) is 3.35. The van der Waals surface area contributed by atoms with Crippen molar-refractivity contribution in [2.75, 3.05) is 6.54 Å². The highest BCUT2D eigenvalue weighted by molar-refractivity contribution is 5.98. The Labute approximate surface area is 186 Å². The molecule has 2 atom stereocenters. The van der Waals surface area contributed by atoms with Gasteiger partial charge in [0.25, 0.3) is 5.91 Å². The van der Waals surface area contributed by atoms with Gasteiger partial charge < -0.3 is 9.64 Å². The molecule has 0 saturated carbocycles. The molecule has 5 rings (SSSR count). The van der Waals surface area contributed by atoms with E-state index in [0.29, 0.717) is 23.7 Å². The Kier molecular flexibility index (Phi) is 5.31. The highest BCUT2D eigenvalue weighted by Gasteiger charge is 2.32. The molecule has 0 radical (unpaired) electrons. The number of pyridine rings is 1. The number of hydrogen-bond donors (Lipinski definition) is 0. The SMILES string of the molecule is Cc1ccc(-n2nccn2)c(C(=O)N2C[C@H](Oc3nccc4ccccc34)CC[C@@H]2C)c1. The van der Waals surface area contributed by atoms with Crippen LogP contribution in [0.3, 0.4) is 0 Å². The van der Waals surface area contributed by atoms with E-state index in [-0.39, 0.29) is 18.1 Å². The van der Waals surface area contributed by atoms with E-state index < -0.39 is 0 Å². The van der Waals surface area contributed by atoms with Crippen molar-refractivity contribution in [3.8, 4) is 11.6 Å². The minimum absolute atomic E-state index is 0.0346. The van der Waals surface area contributed by atoms with E-state index in [2.05, 4.69) is 22.1 Å². The van der Waals surface area contributed by atoms with Crippen LogP contribution in [0.15, 0.2) is 67.1 Å². The lowest BCUT2D eigenvalue weighted by atomic mass is 9.99. The second-order valence-corrected chi connectivity index (χ2v) is 8.30. The van der Waals surface area contributed by atoms with E-state index in [1.54, 1.807) is 18.6 Å². The third-order valence-corrected chi connectivity index (χ3v) is 6.03. The zero-order valence-corrected chi connectivity index (χ0v) is 18.2. The second kappa shape index (κ2) is 8.42. The first kappa shape index (κ1) is 20.2. The number of carbonyl (C=O) groups is 1. The molecule has 0 spiro atoms. The molecule has 1 aliphatic heterocycles. The maximum atomic E-state index is 13.7. The number of fused-ring (bicyclic) bond motifs is 1. The van der Waals surface area contributed by atoms with Crippen molar-refractivity contribution in [1.82, 2.24) is 24.9 Å². The summed E-state index contributed by atoms with van der Waals surface area (Å²) in [7, 11) is 0. The van der Waals surface area contributed by atoms with E-state index in [0.717, 1.165) is 29.2 Å². The number of aryl methyl sites for hydroxylation is 1. The smallest absolute Gasteiger partial charge is 0.256 e. The predicted octanol–water partition coefficient (Wildman–Crippen LogP) is 4.20. The third kappa shape index (κ3) is 3.82. The molecule has 0 bridgehead atoms. The van der Waals surface area contributed by atoms with Crippen LogP contribution in [0, 0.1) is 6.92 Å². The lowest BCUT2D eigenvalue weighted by molar-refractivity contribution is 0.0377. The number of amides is 1. The summed E-state index contributed by atoms with van der Waals surface area (Å²) in [6.07, 6.45) is 6.60. The largest absolute Gasteiger partial charge is 0.472 e. The number of likely N-dealkylation sites (tertiary alicyclic amines) is 1. The van der Waals surface area contributed by atoms with Crippen LogP contribution in [-0.2, 0) is 0 Å². The summed E-state index contributed by atoms with van der Waals surface area (Å²) in [5, 5.41) is 10.5. The number of aromatic nitrogens is 4. The van der Waals surface area contributed by atoms with Gasteiger partial charge in [-0.05, 0) is 56.3 Å². The molecule has 1 amide bonds. The fraction of sp³-hybridized carbons (Fsp3) is 0.280. The number of ether oxygens (including phenoxy) is 1. The van der Waals surface area contributed by atoms with Gasteiger partial charge in [-0.3, -0.25) is 4.79 Å². The average molecular weight is 428 g/mol. The Morgan fingerprint density at radius 1 is 1.03 bits per heavy atom. The molecule has 7 nitrogen and oxygen atoms in total. The number of benzene rings is 2. The van der Waals surface area contributed by atoms with Gasteiger partial charge in [0.05, 0.1) is 30.2 Å². The van der Waals surface area contributed by atoms with Crippen molar-refractivity contribution >= 4 is 16.7 Å². The van der Waals surface area contributed by atoms with Crippen molar-refractivity contribution in [1.29, 1.82) is 0 Å². The third-order valence-electron chi connectivity index (χ3n) is 6.03. The van der Waals surface area contributed by atoms with Gasteiger partial charge in [-0.15, -0.1) is 0 Å². The Balaban J connectivity index is 1.42. The summed E-state index contributed by atoms with van der Waals surface area (Å²) in [6, 6.07) is 15.9. The van der Waals surface area contributed by atoms with Gasteiger partial charge in [0, 0.05) is 17.6 Å². The van der Waals surface area contributed by atoms with Crippen LogP contribution in [0.25, 0.3) is 16.5 Å². The van der Waals surface area contributed by atoms with Crippen LogP contribution in [0.2, 0.25) is 0 Å². The lowest BCUT2D eigenvalue weighted by Crippen LogP contribution is -2.49. The van der Waals surface area contributed by atoms with Crippen LogP contribution in [-0.4, -0.2) is 49.5 Å². The summed E-state index contributed by atoms with van der Waals surface area (Å²) in [6.45, 7) is 4.57. The fourth-order valence-corrected chi connectivity index (χ4v) is 4.29. The van der Waals surface area contributed by atoms with Crippen molar-refractivity contribution < 1.29 is 9.53 Å². The second-order valence-electron chi connectivity index (χ2n) is 8.30. The van der Waals surface area contributed by atoms with Crippen LogP contribution >= 0.6 is 0 Å². The van der Waals surface area contributed by atoms with Crippen LogP contribution in [0.5, 0.6) is 5.88 Å². The zero-order chi connectivity index (χ0) is 22.1. The van der Waals surface area contributed by atoms with Crippen LogP contribution in [0.4, 0.5) is 0 Å². The van der Waals surface area contributed by atoms with Crippen LogP contribution in [0.1, 0.15) is 35.7 Å². The Hall–Kier alpha value is -3.74. The summed E-state index contributed by atoms with van der Waals surface area (Å²) in [4.78, 5) is 21.5. The monoisotopic (exact) mass is 427 g/mol. The molecule has 1 saturated heterocycles. The van der Waals surface area contributed by atoms with Gasteiger partial charge in [0.15, 0.2) is 0 Å².